The van der Waals surface area contributed by atoms with Crippen LogP contribution >= 0.6 is 0 Å². The second-order valence-electron chi connectivity index (χ2n) is 5.79. The molecule has 0 bridgehead atoms. The third-order valence-corrected chi connectivity index (χ3v) is 4.25. The van der Waals surface area contributed by atoms with Crippen LogP contribution in [0.4, 0.5) is 6.01 Å². The fraction of sp³-hybridized carbons (Fsp3) is 0.235. The van der Waals surface area contributed by atoms with Crippen molar-refractivity contribution in [2.75, 3.05) is 18.9 Å². The Morgan fingerprint density at radius 2 is 2.33 bits per heavy atom. The summed E-state index contributed by atoms with van der Waals surface area (Å²) in [6.07, 6.45) is 10.1. The van der Waals surface area contributed by atoms with Gasteiger partial charge in [-0.2, -0.15) is 0 Å². The third-order valence-electron chi connectivity index (χ3n) is 4.25. The minimum Gasteiger partial charge on any atom is -0.432 e. The molecule has 0 radical (unpaired) electrons. The Hall–Kier alpha value is -2.93. The van der Waals surface area contributed by atoms with Crippen LogP contribution in [0.15, 0.2) is 47.4 Å². The first kappa shape index (κ1) is 14.6. The van der Waals surface area contributed by atoms with Crippen molar-refractivity contribution in [3.05, 3.63) is 54.2 Å². The molecule has 3 aromatic rings. The van der Waals surface area contributed by atoms with Gasteiger partial charge in [-0.15, -0.1) is 0 Å². The maximum Gasteiger partial charge on any atom is 0.301 e. The highest BCUT2D eigenvalue weighted by Gasteiger charge is 2.22. The molecule has 24 heavy (non-hydrogen) atoms. The Kier molecular flexibility index (Phi) is 3.62. The lowest BCUT2D eigenvalue weighted by Gasteiger charge is -2.28. The van der Waals surface area contributed by atoms with Crippen LogP contribution in [0, 0.1) is 0 Å². The predicted octanol–water partition coefficient (Wildman–Crippen LogP) is 2.74. The number of hydrogen-bond donors (Lipinski definition) is 2. The number of oxazole rings is 1. The normalized spacial score (nSPS) is 18.1. The van der Waals surface area contributed by atoms with Gasteiger partial charge < -0.3 is 9.40 Å². The van der Waals surface area contributed by atoms with Crippen molar-refractivity contribution >= 4 is 23.0 Å². The zero-order chi connectivity index (χ0) is 16.5. The molecule has 0 spiro atoms. The summed E-state index contributed by atoms with van der Waals surface area (Å²) in [5.74, 6) is -0.344. The fourth-order valence-electron chi connectivity index (χ4n) is 2.98. The molecule has 7 nitrogen and oxygen atoms in total. The highest BCUT2D eigenvalue weighted by Crippen LogP contribution is 2.31. The molecule has 1 atom stereocenters. The number of fused-ring (bicyclic) bond motifs is 1. The van der Waals surface area contributed by atoms with Crippen LogP contribution in [0.25, 0.3) is 11.0 Å². The van der Waals surface area contributed by atoms with Gasteiger partial charge in [-0.1, -0.05) is 12.2 Å². The number of carbonyl (C=O) groups is 1. The number of hydrogen-bond acceptors (Lipinski definition) is 5. The Labute approximate surface area is 138 Å². The van der Waals surface area contributed by atoms with Gasteiger partial charge >= 0.3 is 6.01 Å². The molecule has 1 unspecified atom stereocenters. The van der Waals surface area contributed by atoms with Gasteiger partial charge in [0.25, 0.3) is 5.91 Å². The van der Waals surface area contributed by atoms with E-state index in [0.717, 1.165) is 29.6 Å². The van der Waals surface area contributed by atoms with E-state index in [2.05, 4.69) is 44.4 Å². The number of likely N-dealkylation sites (N-methyl/N-ethyl adjacent to an activating group) is 1. The molecule has 122 valence electrons. The Morgan fingerprint density at radius 3 is 3.12 bits per heavy atom. The van der Waals surface area contributed by atoms with Gasteiger partial charge in [0.1, 0.15) is 12.0 Å². The summed E-state index contributed by atoms with van der Waals surface area (Å²) in [6, 6.07) is 3.97. The summed E-state index contributed by atoms with van der Waals surface area (Å²) in [4.78, 5) is 26.3. The molecule has 0 fully saturated rings. The standard InChI is InChI=1S/C17H17N5O2/c1-22-8-3-2-4-14(22)11-10-19-12-5-6-13(20-15(11)12)16(23)21-17-18-7-9-24-17/h2-3,5-7,9-10,14,19H,4,8H2,1H3,(H,18,21,23). The topological polar surface area (TPSA) is 87.0 Å². The van der Waals surface area contributed by atoms with E-state index in [1.165, 1.54) is 12.5 Å². The SMILES string of the molecule is CN1CC=CCC1c1c[nH]c2ccc(C(=O)Nc3ncco3)nc12. The van der Waals surface area contributed by atoms with Crippen LogP contribution in [0.3, 0.4) is 0 Å². The molecular formula is C17H17N5O2. The van der Waals surface area contributed by atoms with E-state index < -0.39 is 0 Å². The molecule has 4 rings (SSSR count). The molecule has 3 aromatic heterocycles. The van der Waals surface area contributed by atoms with Crippen molar-refractivity contribution in [1.82, 2.24) is 19.9 Å². The molecule has 4 heterocycles. The Morgan fingerprint density at radius 1 is 1.42 bits per heavy atom. The molecule has 1 aliphatic heterocycles. The van der Waals surface area contributed by atoms with Crippen molar-refractivity contribution in [2.24, 2.45) is 0 Å². The van der Waals surface area contributed by atoms with Crippen LogP contribution < -0.4 is 5.32 Å². The molecule has 0 saturated carbocycles. The smallest absolute Gasteiger partial charge is 0.301 e. The van der Waals surface area contributed by atoms with E-state index in [9.17, 15) is 4.79 Å². The second-order valence-corrected chi connectivity index (χ2v) is 5.79. The number of H-pyrrole nitrogens is 1. The number of aromatic nitrogens is 3. The van der Waals surface area contributed by atoms with E-state index in [0.29, 0.717) is 5.69 Å². The molecule has 1 amide bonds. The molecule has 0 saturated heterocycles. The number of rotatable bonds is 3. The number of aromatic amines is 1. The van der Waals surface area contributed by atoms with Gasteiger partial charge in [0.2, 0.25) is 0 Å². The van der Waals surface area contributed by atoms with Gasteiger partial charge in [-0.25, -0.2) is 9.97 Å². The number of nitrogens with one attached hydrogen (secondary N) is 2. The van der Waals surface area contributed by atoms with E-state index >= 15 is 0 Å². The van der Waals surface area contributed by atoms with Crippen molar-refractivity contribution in [3.63, 3.8) is 0 Å². The molecular weight excluding hydrogens is 306 g/mol. The summed E-state index contributed by atoms with van der Waals surface area (Å²) in [5, 5.41) is 2.59. The minimum atomic E-state index is -0.344. The fourth-order valence-corrected chi connectivity index (χ4v) is 2.98. The van der Waals surface area contributed by atoms with E-state index in [1.807, 2.05) is 12.3 Å². The van der Waals surface area contributed by atoms with Crippen molar-refractivity contribution in [3.8, 4) is 0 Å². The molecule has 7 heteroatoms. The second kappa shape index (κ2) is 5.93. The number of pyridine rings is 1. The lowest BCUT2D eigenvalue weighted by Crippen LogP contribution is -2.27. The largest absolute Gasteiger partial charge is 0.432 e. The molecule has 2 N–H and O–H groups in total. The van der Waals surface area contributed by atoms with Gasteiger partial charge in [0.05, 0.1) is 17.2 Å². The first-order chi connectivity index (χ1) is 11.7. The molecule has 0 aromatic carbocycles. The maximum atomic E-state index is 12.3. The highest BCUT2D eigenvalue weighted by molar-refractivity contribution is 6.03. The van der Waals surface area contributed by atoms with E-state index in [1.54, 1.807) is 6.07 Å². The lowest BCUT2D eigenvalue weighted by molar-refractivity contribution is 0.101. The summed E-state index contributed by atoms with van der Waals surface area (Å²) >= 11 is 0. The summed E-state index contributed by atoms with van der Waals surface area (Å²) in [5.41, 5.74) is 3.17. The van der Waals surface area contributed by atoms with Crippen molar-refractivity contribution < 1.29 is 9.21 Å². The number of anilines is 1. The van der Waals surface area contributed by atoms with Gasteiger partial charge in [0.15, 0.2) is 0 Å². The minimum absolute atomic E-state index is 0.161. The predicted molar refractivity (Wildman–Crippen MR) is 89.7 cm³/mol. The number of carbonyl (C=O) groups excluding carboxylic acids is 1. The first-order valence-electron chi connectivity index (χ1n) is 7.76. The van der Waals surface area contributed by atoms with Crippen LogP contribution in [-0.4, -0.2) is 39.4 Å². The van der Waals surface area contributed by atoms with Crippen molar-refractivity contribution in [1.29, 1.82) is 0 Å². The zero-order valence-corrected chi connectivity index (χ0v) is 13.2. The molecule has 0 aliphatic carbocycles. The summed E-state index contributed by atoms with van der Waals surface area (Å²) in [7, 11) is 2.09. The summed E-state index contributed by atoms with van der Waals surface area (Å²) < 4.78 is 5.04. The monoisotopic (exact) mass is 323 g/mol. The molecule has 1 aliphatic rings. The van der Waals surface area contributed by atoms with Crippen LogP contribution in [0.2, 0.25) is 0 Å². The average Bonchev–Trinajstić information content (AvgIpc) is 3.24. The Bertz CT molecular complexity index is 897. The average molecular weight is 323 g/mol. The maximum absolute atomic E-state index is 12.3. The van der Waals surface area contributed by atoms with Crippen LogP contribution in [0.1, 0.15) is 28.5 Å². The third kappa shape index (κ3) is 2.59. The van der Waals surface area contributed by atoms with Crippen LogP contribution in [0.5, 0.6) is 0 Å². The number of amides is 1. The van der Waals surface area contributed by atoms with E-state index in [-0.39, 0.29) is 18.0 Å². The lowest BCUT2D eigenvalue weighted by atomic mass is 10.0. The quantitative estimate of drug-likeness (QED) is 0.724. The van der Waals surface area contributed by atoms with E-state index in [4.69, 9.17) is 4.42 Å². The van der Waals surface area contributed by atoms with Gasteiger partial charge in [-0.05, 0) is 25.6 Å². The number of nitrogens with zero attached hydrogens (tertiary/aromatic N) is 3. The summed E-state index contributed by atoms with van der Waals surface area (Å²) in [6.45, 7) is 0.904. The zero-order valence-electron chi connectivity index (χ0n) is 13.2. The van der Waals surface area contributed by atoms with Gasteiger partial charge in [0, 0.05) is 24.3 Å². The Balaban J connectivity index is 1.68. The van der Waals surface area contributed by atoms with Crippen LogP contribution in [-0.2, 0) is 0 Å². The van der Waals surface area contributed by atoms with Gasteiger partial charge in [-0.3, -0.25) is 15.0 Å². The van der Waals surface area contributed by atoms with Crippen molar-refractivity contribution in [2.45, 2.75) is 12.5 Å². The highest BCUT2D eigenvalue weighted by atomic mass is 16.4. The first-order valence-corrected chi connectivity index (χ1v) is 7.76.